The summed E-state index contributed by atoms with van der Waals surface area (Å²) in [5, 5.41) is 9.41. The summed E-state index contributed by atoms with van der Waals surface area (Å²) in [6.45, 7) is 2.07. The molecule has 0 saturated heterocycles. The van der Waals surface area contributed by atoms with Crippen molar-refractivity contribution in [3.05, 3.63) is 83.6 Å². The van der Waals surface area contributed by atoms with Crippen LogP contribution in [0.2, 0.25) is 5.02 Å². The molecule has 0 spiro atoms. The van der Waals surface area contributed by atoms with Gasteiger partial charge in [-0.3, -0.25) is 4.98 Å². The van der Waals surface area contributed by atoms with E-state index in [1.54, 1.807) is 36.7 Å². The normalized spacial score (nSPS) is 11.5. The van der Waals surface area contributed by atoms with Gasteiger partial charge in [-0.05, 0) is 42.8 Å². The molecule has 1 heterocycles. The number of pyridine rings is 1. The van der Waals surface area contributed by atoms with E-state index in [-0.39, 0.29) is 12.1 Å². The van der Waals surface area contributed by atoms with Gasteiger partial charge in [0.15, 0.2) is 0 Å². The predicted octanol–water partition coefficient (Wildman–Crippen LogP) is 5.55. The van der Waals surface area contributed by atoms with E-state index in [4.69, 9.17) is 11.6 Å². The van der Waals surface area contributed by atoms with Crippen molar-refractivity contribution in [3.63, 3.8) is 0 Å². The molecule has 5 nitrogen and oxygen atoms in total. The first-order valence-electron chi connectivity index (χ1n) is 8.21. The van der Waals surface area contributed by atoms with Gasteiger partial charge in [0.1, 0.15) is 0 Å². The fraction of sp³-hybridized carbons (Fsp3) is 0.100. The van der Waals surface area contributed by atoms with E-state index in [0.29, 0.717) is 16.4 Å². The summed E-state index contributed by atoms with van der Waals surface area (Å²) in [4.78, 5) is 15.9. The Kier molecular flexibility index (Phi) is 5.71. The molecule has 2 amide bonds. The first-order chi connectivity index (χ1) is 12.6. The number of amides is 2. The highest BCUT2D eigenvalue weighted by Gasteiger charge is 2.09. The third-order valence-electron chi connectivity index (χ3n) is 3.84. The van der Waals surface area contributed by atoms with Crippen LogP contribution >= 0.6 is 11.6 Å². The number of nitrogens with zero attached hydrogens (tertiary/aromatic N) is 1. The molecular weight excluding hydrogens is 348 g/mol. The van der Waals surface area contributed by atoms with E-state index in [0.717, 1.165) is 5.69 Å². The van der Waals surface area contributed by atoms with Crippen molar-refractivity contribution >= 4 is 34.7 Å². The summed E-state index contributed by atoms with van der Waals surface area (Å²) >= 11 is 6.36. The molecule has 0 unspecified atom stereocenters. The number of hydrogen-bond acceptors (Lipinski definition) is 3. The van der Waals surface area contributed by atoms with E-state index < -0.39 is 0 Å². The van der Waals surface area contributed by atoms with Crippen LogP contribution in [-0.4, -0.2) is 11.0 Å². The molecule has 0 bridgehead atoms. The number of carbonyl (C=O) groups is 1. The molecule has 0 aliphatic rings. The summed E-state index contributed by atoms with van der Waals surface area (Å²) in [6.07, 6.45) is 3.22. The van der Waals surface area contributed by atoms with Gasteiger partial charge in [-0.1, -0.05) is 41.9 Å². The minimum absolute atomic E-state index is 0.113. The largest absolute Gasteiger partial charge is 0.377 e. The van der Waals surface area contributed by atoms with Gasteiger partial charge in [-0.25, -0.2) is 4.79 Å². The quantitative estimate of drug-likeness (QED) is 0.554. The second-order valence-electron chi connectivity index (χ2n) is 5.79. The predicted molar refractivity (Wildman–Crippen MR) is 107 cm³/mol. The Balaban J connectivity index is 1.63. The lowest BCUT2D eigenvalue weighted by Crippen LogP contribution is -2.19. The topological polar surface area (TPSA) is 66.0 Å². The van der Waals surface area contributed by atoms with Crippen LogP contribution in [0.5, 0.6) is 0 Å². The van der Waals surface area contributed by atoms with Crippen LogP contribution in [0.3, 0.4) is 0 Å². The first-order valence-corrected chi connectivity index (χ1v) is 8.58. The number of benzene rings is 2. The monoisotopic (exact) mass is 366 g/mol. The minimum Gasteiger partial charge on any atom is -0.377 e. The number of anilines is 3. The third kappa shape index (κ3) is 4.74. The molecule has 3 aromatic rings. The molecule has 0 saturated carbocycles. The molecule has 0 radical (unpaired) electrons. The maximum Gasteiger partial charge on any atom is 0.323 e. The van der Waals surface area contributed by atoms with Crippen molar-refractivity contribution in [1.29, 1.82) is 0 Å². The van der Waals surface area contributed by atoms with E-state index >= 15 is 0 Å². The SMILES string of the molecule is C[C@@H](Nc1ccc(NC(=O)Nc2ccncc2)cc1Cl)c1ccccc1. The molecule has 1 atom stereocenters. The zero-order valence-corrected chi connectivity index (χ0v) is 15.0. The highest BCUT2D eigenvalue weighted by molar-refractivity contribution is 6.33. The fourth-order valence-corrected chi connectivity index (χ4v) is 2.73. The highest BCUT2D eigenvalue weighted by atomic mass is 35.5. The number of urea groups is 1. The van der Waals surface area contributed by atoms with Crippen LogP contribution in [-0.2, 0) is 0 Å². The van der Waals surface area contributed by atoms with E-state index in [2.05, 4.69) is 40.0 Å². The Labute approximate surface area is 157 Å². The molecule has 0 aliphatic carbocycles. The van der Waals surface area contributed by atoms with Gasteiger partial charge in [0.25, 0.3) is 0 Å². The summed E-state index contributed by atoms with van der Waals surface area (Å²) in [7, 11) is 0. The van der Waals surface area contributed by atoms with Gasteiger partial charge in [0, 0.05) is 29.8 Å². The number of aromatic nitrogens is 1. The molecular formula is C20H19ClN4O. The van der Waals surface area contributed by atoms with Gasteiger partial charge in [-0.15, -0.1) is 0 Å². The average molecular weight is 367 g/mol. The van der Waals surface area contributed by atoms with Crippen molar-refractivity contribution in [2.75, 3.05) is 16.0 Å². The summed E-state index contributed by atoms with van der Waals surface area (Å²) in [5.41, 5.74) is 3.25. The summed E-state index contributed by atoms with van der Waals surface area (Å²) in [5.74, 6) is 0. The van der Waals surface area contributed by atoms with Crippen LogP contribution in [0, 0.1) is 0 Å². The lowest BCUT2D eigenvalue weighted by atomic mass is 10.1. The molecule has 0 aliphatic heterocycles. The maximum absolute atomic E-state index is 12.0. The Bertz CT molecular complexity index is 871. The number of hydrogen-bond donors (Lipinski definition) is 3. The minimum atomic E-state index is -0.342. The second kappa shape index (κ2) is 8.36. The van der Waals surface area contributed by atoms with Crippen LogP contribution in [0.4, 0.5) is 21.9 Å². The van der Waals surface area contributed by atoms with E-state index in [9.17, 15) is 4.79 Å². The highest BCUT2D eigenvalue weighted by Crippen LogP contribution is 2.29. The first kappa shape index (κ1) is 17.8. The second-order valence-corrected chi connectivity index (χ2v) is 6.19. The summed E-state index contributed by atoms with van der Waals surface area (Å²) < 4.78 is 0. The number of halogens is 1. The van der Waals surface area contributed by atoms with Gasteiger partial charge in [0.2, 0.25) is 0 Å². The molecule has 2 aromatic carbocycles. The molecule has 3 rings (SSSR count). The van der Waals surface area contributed by atoms with Crippen molar-refractivity contribution in [1.82, 2.24) is 4.98 Å². The zero-order valence-electron chi connectivity index (χ0n) is 14.2. The fourth-order valence-electron chi connectivity index (χ4n) is 2.50. The number of rotatable bonds is 5. The van der Waals surface area contributed by atoms with Gasteiger partial charge < -0.3 is 16.0 Å². The van der Waals surface area contributed by atoms with Gasteiger partial charge in [-0.2, -0.15) is 0 Å². The Morgan fingerprint density at radius 3 is 2.35 bits per heavy atom. The zero-order chi connectivity index (χ0) is 18.4. The molecule has 6 heteroatoms. The van der Waals surface area contributed by atoms with Crippen LogP contribution < -0.4 is 16.0 Å². The van der Waals surface area contributed by atoms with E-state index in [1.807, 2.05) is 24.3 Å². The molecule has 1 aromatic heterocycles. The lowest BCUT2D eigenvalue weighted by molar-refractivity contribution is 0.262. The molecule has 0 fully saturated rings. The maximum atomic E-state index is 12.0. The van der Waals surface area contributed by atoms with Crippen molar-refractivity contribution in [2.24, 2.45) is 0 Å². The lowest BCUT2D eigenvalue weighted by Gasteiger charge is -2.17. The third-order valence-corrected chi connectivity index (χ3v) is 4.15. The smallest absolute Gasteiger partial charge is 0.323 e. The number of carbonyl (C=O) groups excluding carboxylic acids is 1. The number of nitrogens with one attached hydrogen (secondary N) is 3. The molecule has 3 N–H and O–H groups in total. The van der Waals surface area contributed by atoms with Crippen LogP contribution in [0.15, 0.2) is 73.1 Å². The Hall–Kier alpha value is -3.05. The Morgan fingerprint density at radius 1 is 0.962 bits per heavy atom. The van der Waals surface area contributed by atoms with Gasteiger partial charge >= 0.3 is 6.03 Å². The van der Waals surface area contributed by atoms with E-state index in [1.165, 1.54) is 5.56 Å². The van der Waals surface area contributed by atoms with Crippen LogP contribution in [0.25, 0.3) is 0 Å². The van der Waals surface area contributed by atoms with Crippen molar-refractivity contribution < 1.29 is 4.79 Å². The molecule has 26 heavy (non-hydrogen) atoms. The Morgan fingerprint density at radius 2 is 1.65 bits per heavy atom. The standard InChI is InChI=1S/C20H19ClN4O/c1-14(15-5-3-2-4-6-15)23-19-8-7-17(13-18(19)21)25-20(26)24-16-9-11-22-12-10-16/h2-14,23H,1H3,(H2,22,24,25,26)/t14-/m1/s1. The summed E-state index contributed by atoms with van der Waals surface area (Å²) in [6, 6.07) is 18.7. The average Bonchev–Trinajstić information content (AvgIpc) is 2.65. The van der Waals surface area contributed by atoms with Crippen molar-refractivity contribution in [3.8, 4) is 0 Å². The van der Waals surface area contributed by atoms with Gasteiger partial charge in [0.05, 0.1) is 10.7 Å². The van der Waals surface area contributed by atoms with Crippen LogP contribution in [0.1, 0.15) is 18.5 Å². The van der Waals surface area contributed by atoms with Crippen molar-refractivity contribution in [2.45, 2.75) is 13.0 Å². The molecule has 132 valence electrons.